The Hall–Kier alpha value is -1.09. The molecule has 23 heavy (non-hydrogen) atoms. The highest BCUT2D eigenvalue weighted by Crippen LogP contribution is 2.34. The molecule has 0 bridgehead atoms. The summed E-state index contributed by atoms with van der Waals surface area (Å²) in [6.07, 6.45) is 4.74. The fourth-order valence-corrected chi connectivity index (χ4v) is 3.68. The second-order valence-corrected chi connectivity index (χ2v) is 7.00. The van der Waals surface area contributed by atoms with Crippen molar-refractivity contribution in [1.29, 1.82) is 0 Å². The number of hydroxylamine groups is 2. The molecule has 0 N–H and O–H groups in total. The van der Waals surface area contributed by atoms with Crippen molar-refractivity contribution < 1.29 is 9.53 Å². The number of ether oxygens (including phenoxy) is 1. The molecule has 0 aromatic carbocycles. The van der Waals surface area contributed by atoms with Crippen molar-refractivity contribution in [3.63, 3.8) is 0 Å². The lowest BCUT2D eigenvalue weighted by atomic mass is 10.2. The molecule has 0 saturated carbocycles. The Kier molecular flexibility index (Phi) is 6.46. The zero-order valence-electron chi connectivity index (χ0n) is 14.2. The highest BCUT2D eigenvalue weighted by molar-refractivity contribution is 7.15. The van der Waals surface area contributed by atoms with Crippen molar-refractivity contribution in [2.75, 3.05) is 19.8 Å². The van der Waals surface area contributed by atoms with Gasteiger partial charge in [0, 0.05) is 19.9 Å². The van der Waals surface area contributed by atoms with E-state index in [1.54, 1.807) is 0 Å². The van der Waals surface area contributed by atoms with Crippen molar-refractivity contribution in [2.24, 2.45) is 0 Å². The van der Waals surface area contributed by atoms with Gasteiger partial charge in [0.25, 0.3) is 6.23 Å². The molecule has 1 fully saturated rings. The summed E-state index contributed by atoms with van der Waals surface area (Å²) in [5.74, 6) is -0.435. The molecule has 8 heteroatoms. The third-order valence-electron chi connectivity index (χ3n) is 4.06. The Labute approximate surface area is 141 Å². The quantitative estimate of drug-likeness (QED) is 0.313. The average molecular weight is 342 g/mol. The van der Waals surface area contributed by atoms with Gasteiger partial charge in [-0.1, -0.05) is 38.2 Å². The molecule has 1 aliphatic rings. The molecule has 0 radical (unpaired) electrons. The monoisotopic (exact) mass is 342 g/mol. The molecule has 7 nitrogen and oxygen atoms in total. The van der Waals surface area contributed by atoms with Crippen LogP contribution in [0.3, 0.4) is 0 Å². The summed E-state index contributed by atoms with van der Waals surface area (Å²) < 4.78 is 4.52. The summed E-state index contributed by atoms with van der Waals surface area (Å²) in [5, 5.41) is 22.8. The van der Waals surface area contributed by atoms with Gasteiger partial charge in [-0.2, -0.15) is 0 Å². The second kappa shape index (κ2) is 8.14. The summed E-state index contributed by atoms with van der Waals surface area (Å²) in [7, 11) is 0. The maximum absolute atomic E-state index is 13.3. The molecule has 2 heterocycles. The Morgan fingerprint density at radius 2 is 2.17 bits per heavy atom. The van der Waals surface area contributed by atoms with E-state index in [-0.39, 0.29) is 6.67 Å². The van der Waals surface area contributed by atoms with E-state index in [2.05, 4.69) is 17.1 Å². The lowest BCUT2D eigenvalue weighted by Crippen LogP contribution is -2.50. The number of nitrogens with zero attached hydrogens (tertiary/aromatic N) is 4. The van der Waals surface area contributed by atoms with E-state index in [1.165, 1.54) is 37.5 Å². The summed E-state index contributed by atoms with van der Waals surface area (Å²) in [6.45, 7) is 6.92. The van der Waals surface area contributed by atoms with Gasteiger partial charge in [-0.25, -0.2) is 4.90 Å². The van der Waals surface area contributed by atoms with E-state index in [9.17, 15) is 10.0 Å². The molecule has 0 amide bonds. The Balaban J connectivity index is 2.07. The molecule has 130 valence electrons. The Morgan fingerprint density at radius 1 is 1.39 bits per heavy atom. The van der Waals surface area contributed by atoms with Crippen LogP contribution in [0.25, 0.3) is 0 Å². The third-order valence-corrected chi connectivity index (χ3v) is 5.16. The maximum atomic E-state index is 13.3. The van der Waals surface area contributed by atoms with E-state index >= 15 is 0 Å². The number of carbonyl (C=O) groups is 1. The number of hydrogen-bond donors (Lipinski definition) is 0. The summed E-state index contributed by atoms with van der Waals surface area (Å²) >= 11 is 1.35. The summed E-state index contributed by atoms with van der Waals surface area (Å²) in [4.78, 5) is 13.3. The SMILES string of the molecule is CCCCCCc1nnc([N+]2([O-])CN(CC)CC2OC(C)=O)s1. The molecular weight excluding hydrogens is 316 g/mol. The number of rotatable bonds is 8. The predicted octanol–water partition coefficient (Wildman–Crippen LogP) is 2.65. The number of aryl methyl sites for hydroxylation is 1. The highest BCUT2D eigenvalue weighted by Gasteiger charge is 2.45. The van der Waals surface area contributed by atoms with Crippen LogP contribution in [0.5, 0.6) is 0 Å². The van der Waals surface area contributed by atoms with E-state index in [1.807, 2.05) is 11.8 Å². The normalized spacial score (nSPS) is 25.0. The number of esters is 1. The van der Waals surface area contributed by atoms with E-state index in [4.69, 9.17) is 4.74 Å². The minimum atomic E-state index is -0.756. The first-order valence-corrected chi connectivity index (χ1v) is 9.12. The van der Waals surface area contributed by atoms with Gasteiger partial charge in [0.1, 0.15) is 11.7 Å². The van der Waals surface area contributed by atoms with Crippen LogP contribution in [0.4, 0.5) is 5.13 Å². The van der Waals surface area contributed by atoms with Gasteiger partial charge in [0.15, 0.2) is 0 Å². The minimum Gasteiger partial charge on any atom is -0.622 e. The van der Waals surface area contributed by atoms with Crippen molar-refractivity contribution in [3.05, 3.63) is 10.2 Å². The van der Waals surface area contributed by atoms with Crippen LogP contribution in [0.15, 0.2) is 0 Å². The standard InChI is InChI=1S/C15H26N4O3S/c1-4-6-7-8-9-13-16-17-15(23-13)19(21)11-18(5-2)10-14(19)22-12(3)20/h14H,4-11H2,1-3H3. The first-order valence-electron chi connectivity index (χ1n) is 8.30. The maximum Gasteiger partial charge on any atom is 0.310 e. The van der Waals surface area contributed by atoms with Gasteiger partial charge in [0.2, 0.25) is 0 Å². The first kappa shape index (κ1) is 18.3. The van der Waals surface area contributed by atoms with Crippen molar-refractivity contribution in [1.82, 2.24) is 19.7 Å². The number of carbonyl (C=O) groups excluding carboxylic acids is 1. The van der Waals surface area contributed by atoms with Crippen LogP contribution >= 0.6 is 11.3 Å². The van der Waals surface area contributed by atoms with Crippen molar-refractivity contribution in [2.45, 2.75) is 59.1 Å². The van der Waals surface area contributed by atoms with E-state index in [0.717, 1.165) is 24.4 Å². The van der Waals surface area contributed by atoms with Crippen LogP contribution < -0.4 is 4.65 Å². The molecule has 0 aliphatic carbocycles. The molecule has 1 aromatic rings. The molecule has 1 saturated heterocycles. The van der Waals surface area contributed by atoms with Crippen LogP contribution in [-0.4, -0.2) is 47.1 Å². The van der Waals surface area contributed by atoms with Crippen LogP contribution in [0.2, 0.25) is 0 Å². The first-order chi connectivity index (χ1) is 11.0. The van der Waals surface area contributed by atoms with Crippen LogP contribution in [-0.2, 0) is 16.0 Å². The third kappa shape index (κ3) is 4.47. The molecule has 0 spiro atoms. The lowest BCUT2D eigenvalue weighted by Gasteiger charge is -2.38. The predicted molar refractivity (Wildman–Crippen MR) is 90.6 cm³/mol. The second-order valence-electron chi connectivity index (χ2n) is 5.96. The zero-order chi connectivity index (χ0) is 16.9. The topological polar surface area (TPSA) is 78.4 Å². The Morgan fingerprint density at radius 3 is 2.83 bits per heavy atom. The summed E-state index contributed by atoms with van der Waals surface area (Å²) in [5.41, 5.74) is 0. The van der Waals surface area contributed by atoms with Gasteiger partial charge >= 0.3 is 11.1 Å². The fraction of sp³-hybridized carbons (Fsp3) is 0.800. The minimum absolute atomic E-state index is 0.249. The number of quaternary nitrogens is 1. The lowest BCUT2D eigenvalue weighted by molar-refractivity contribution is -0.150. The van der Waals surface area contributed by atoms with E-state index in [0.29, 0.717) is 11.7 Å². The van der Waals surface area contributed by atoms with Gasteiger partial charge in [0.05, 0.1) is 6.54 Å². The molecular formula is C15H26N4O3S. The van der Waals surface area contributed by atoms with Gasteiger partial charge in [-0.3, -0.25) is 9.44 Å². The number of hydrogen-bond acceptors (Lipinski definition) is 7. The van der Waals surface area contributed by atoms with E-state index < -0.39 is 16.8 Å². The van der Waals surface area contributed by atoms with Crippen molar-refractivity contribution >= 4 is 22.4 Å². The molecule has 2 atom stereocenters. The van der Waals surface area contributed by atoms with Crippen LogP contribution in [0, 0.1) is 5.21 Å². The van der Waals surface area contributed by atoms with Gasteiger partial charge in [-0.05, 0) is 17.8 Å². The Bertz CT molecular complexity index is 525. The van der Waals surface area contributed by atoms with Gasteiger partial charge in [-0.15, -0.1) is 5.10 Å². The highest BCUT2D eigenvalue weighted by atomic mass is 32.1. The smallest absolute Gasteiger partial charge is 0.310 e. The molecule has 1 aliphatic heterocycles. The number of aromatic nitrogens is 2. The summed E-state index contributed by atoms with van der Waals surface area (Å²) in [6, 6.07) is 0. The van der Waals surface area contributed by atoms with Crippen LogP contribution in [0.1, 0.15) is 51.5 Å². The molecule has 2 unspecified atom stereocenters. The van der Waals surface area contributed by atoms with Crippen molar-refractivity contribution in [3.8, 4) is 0 Å². The average Bonchev–Trinajstić information content (AvgIpc) is 3.10. The molecule has 2 rings (SSSR count). The zero-order valence-corrected chi connectivity index (χ0v) is 15.0. The van der Waals surface area contributed by atoms with Gasteiger partial charge < -0.3 is 9.94 Å². The fourth-order valence-electron chi connectivity index (χ4n) is 2.73. The number of unbranched alkanes of at least 4 members (excludes halogenated alkanes) is 3. The molecule has 1 aromatic heterocycles. The largest absolute Gasteiger partial charge is 0.622 e. The number of likely N-dealkylation sites (N-methyl/N-ethyl adjacent to an activating group) is 1.